The van der Waals surface area contributed by atoms with Crippen LogP contribution in [0.5, 0.6) is 23.0 Å². The van der Waals surface area contributed by atoms with Gasteiger partial charge in [-0.1, -0.05) is 0 Å². The molecule has 0 fully saturated rings. The first-order chi connectivity index (χ1) is 14.5. The van der Waals surface area contributed by atoms with Gasteiger partial charge in [0.1, 0.15) is 23.0 Å². The summed E-state index contributed by atoms with van der Waals surface area (Å²) < 4.78 is 45.7. The van der Waals surface area contributed by atoms with E-state index in [1.807, 2.05) is 18.2 Å². The van der Waals surface area contributed by atoms with E-state index in [4.69, 9.17) is 14.2 Å². The van der Waals surface area contributed by atoms with Crippen LogP contribution in [0.25, 0.3) is 0 Å². The van der Waals surface area contributed by atoms with Crippen molar-refractivity contribution in [3.63, 3.8) is 0 Å². The van der Waals surface area contributed by atoms with Crippen molar-refractivity contribution in [2.45, 2.75) is 19.6 Å². The van der Waals surface area contributed by atoms with E-state index in [1.54, 1.807) is 33.4 Å². The number of nitrogens with one attached hydrogen (secondary N) is 2. The summed E-state index contributed by atoms with van der Waals surface area (Å²) in [7, 11) is 6.36. The number of rotatable bonds is 10. The molecule has 0 aliphatic rings. The lowest BCUT2D eigenvalue weighted by Gasteiger charge is -2.16. The molecule has 0 heterocycles. The van der Waals surface area contributed by atoms with Gasteiger partial charge in [0, 0.05) is 25.7 Å². The van der Waals surface area contributed by atoms with Gasteiger partial charge in [-0.25, -0.2) is 0 Å². The number of nitrogens with zero attached hydrogens (tertiary/aromatic N) is 1. The minimum absolute atomic E-state index is 0.0786. The van der Waals surface area contributed by atoms with E-state index in [9.17, 15) is 8.78 Å². The van der Waals surface area contributed by atoms with Crippen molar-refractivity contribution < 1.29 is 27.7 Å². The van der Waals surface area contributed by atoms with Crippen molar-refractivity contribution in [2.75, 3.05) is 34.9 Å². The van der Waals surface area contributed by atoms with E-state index in [0.717, 1.165) is 17.1 Å². The quantitative estimate of drug-likeness (QED) is 0.452. The lowest BCUT2D eigenvalue weighted by molar-refractivity contribution is -0.0504. The molecular weight excluding hydrogens is 396 g/mol. The van der Waals surface area contributed by atoms with Crippen molar-refractivity contribution in [3.8, 4) is 23.0 Å². The molecular formula is C21H27F2N3O4. The van der Waals surface area contributed by atoms with E-state index in [-0.39, 0.29) is 12.3 Å². The Labute approximate surface area is 175 Å². The zero-order valence-corrected chi connectivity index (χ0v) is 17.5. The lowest BCUT2D eigenvalue weighted by atomic mass is 10.1. The van der Waals surface area contributed by atoms with Gasteiger partial charge in [-0.15, -0.1) is 0 Å². The predicted molar refractivity (Wildman–Crippen MR) is 111 cm³/mol. The summed E-state index contributed by atoms with van der Waals surface area (Å²) in [5, 5.41) is 6.28. The van der Waals surface area contributed by atoms with Gasteiger partial charge in [0.25, 0.3) is 0 Å². The van der Waals surface area contributed by atoms with E-state index in [1.165, 1.54) is 13.2 Å². The fourth-order valence-electron chi connectivity index (χ4n) is 2.82. The standard InChI is InChI=1S/C21H27F2N3O4/c1-24-21(25-10-9-14-11-16(27-2)5-7-18(14)29-4)26-13-15-12-17(28-3)6-8-19(15)30-20(22)23/h5-8,11-12,20H,9-10,13H2,1-4H3,(H2,24,25,26). The van der Waals surface area contributed by atoms with Crippen LogP contribution in [-0.4, -0.2) is 47.5 Å². The maximum absolute atomic E-state index is 12.7. The monoisotopic (exact) mass is 423 g/mol. The number of aliphatic imine (C=N–C) groups is 1. The summed E-state index contributed by atoms with van der Waals surface area (Å²) in [5.74, 6) is 2.66. The van der Waals surface area contributed by atoms with Gasteiger partial charge in [0.2, 0.25) is 0 Å². The minimum Gasteiger partial charge on any atom is -0.497 e. The van der Waals surface area contributed by atoms with Crippen molar-refractivity contribution in [2.24, 2.45) is 4.99 Å². The average molecular weight is 423 g/mol. The smallest absolute Gasteiger partial charge is 0.387 e. The number of hydrogen-bond donors (Lipinski definition) is 2. The second kappa shape index (κ2) is 11.7. The minimum atomic E-state index is -2.91. The zero-order chi connectivity index (χ0) is 21.9. The lowest BCUT2D eigenvalue weighted by Crippen LogP contribution is -2.38. The zero-order valence-electron chi connectivity index (χ0n) is 17.5. The largest absolute Gasteiger partial charge is 0.497 e. The molecule has 164 valence electrons. The fraction of sp³-hybridized carbons (Fsp3) is 0.381. The third-order valence-electron chi connectivity index (χ3n) is 4.33. The highest BCUT2D eigenvalue weighted by molar-refractivity contribution is 5.79. The molecule has 0 bridgehead atoms. The highest BCUT2D eigenvalue weighted by Crippen LogP contribution is 2.26. The summed E-state index contributed by atoms with van der Waals surface area (Å²) in [5.41, 5.74) is 1.51. The number of alkyl halides is 2. The molecule has 0 unspecified atom stereocenters. The molecule has 2 aromatic carbocycles. The Morgan fingerprint density at radius 1 is 0.900 bits per heavy atom. The van der Waals surface area contributed by atoms with E-state index in [0.29, 0.717) is 30.2 Å². The van der Waals surface area contributed by atoms with Crippen LogP contribution in [0.3, 0.4) is 0 Å². The maximum atomic E-state index is 12.7. The molecule has 30 heavy (non-hydrogen) atoms. The van der Waals surface area contributed by atoms with Crippen molar-refractivity contribution >= 4 is 5.96 Å². The van der Waals surface area contributed by atoms with Crippen LogP contribution in [0.4, 0.5) is 8.78 Å². The van der Waals surface area contributed by atoms with Gasteiger partial charge in [0.15, 0.2) is 5.96 Å². The van der Waals surface area contributed by atoms with Crippen LogP contribution >= 0.6 is 0 Å². The van der Waals surface area contributed by atoms with Gasteiger partial charge in [-0.3, -0.25) is 4.99 Å². The van der Waals surface area contributed by atoms with Gasteiger partial charge < -0.3 is 29.6 Å². The molecule has 0 aromatic heterocycles. The highest BCUT2D eigenvalue weighted by Gasteiger charge is 2.12. The van der Waals surface area contributed by atoms with Gasteiger partial charge >= 0.3 is 6.61 Å². The Balaban J connectivity index is 1.97. The fourth-order valence-corrected chi connectivity index (χ4v) is 2.82. The molecule has 2 rings (SSSR count). The summed E-state index contributed by atoms with van der Waals surface area (Å²) in [4.78, 5) is 4.16. The predicted octanol–water partition coefficient (Wildman–Crippen LogP) is 3.22. The molecule has 7 nitrogen and oxygen atoms in total. The number of ether oxygens (including phenoxy) is 4. The van der Waals surface area contributed by atoms with E-state index in [2.05, 4.69) is 20.4 Å². The number of guanidine groups is 1. The first-order valence-electron chi connectivity index (χ1n) is 9.27. The van der Waals surface area contributed by atoms with Crippen molar-refractivity contribution in [1.29, 1.82) is 0 Å². The molecule has 0 aliphatic carbocycles. The molecule has 0 saturated carbocycles. The van der Waals surface area contributed by atoms with E-state index < -0.39 is 6.61 Å². The molecule has 0 saturated heterocycles. The van der Waals surface area contributed by atoms with Crippen LogP contribution in [0.15, 0.2) is 41.4 Å². The molecule has 0 aliphatic heterocycles. The van der Waals surface area contributed by atoms with Crippen LogP contribution < -0.4 is 29.6 Å². The molecule has 0 spiro atoms. The third kappa shape index (κ3) is 6.68. The van der Waals surface area contributed by atoms with Gasteiger partial charge in [0.05, 0.1) is 21.3 Å². The molecule has 0 amide bonds. The highest BCUT2D eigenvalue weighted by atomic mass is 19.3. The Kier molecular flexibility index (Phi) is 8.99. The van der Waals surface area contributed by atoms with Gasteiger partial charge in [-0.2, -0.15) is 8.78 Å². The second-order valence-electron chi connectivity index (χ2n) is 6.13. The first-order valence-corrected chi connectivity index (χ1v) is 9.27. The van der Waals surface area contributed by atoms with Crippen LogP contribution in [0.1, 0.15) is 11.1 Å². The maximum Gasteiger partial charge on any atom is 0.387 e. The van der Waals surface area contributed by atoms with Gasteiger partial charge in [-0.05, 0) is 48.4 Å². The third-order valence-corrected chi connectivity index (χ3v) is 4.33. The Hall–Kier alpha value is -3.23. The molecule has 0 radical (unpaired) electrons. The molecule has 2 N–H and O–H groups in total. The summed E-state index contributed by atoms with van der Waals surface area (Å²) in [6.45, 7) is -2.12. The number of hydrogen-bond acceptors (Lipinski definition) is 5. The normalized spacial score (nSPS) is 11.2. The summed E-state index contributed by atoms with van der Waals surface area (Å²) in [6.07, 6.45) is 0.667. The van der Waals surface area contributed by atoms with E-state index >= 15 is 0 Å². The van der Waals surface area contributed by atoms with Crippen LogP contribution in [-0.2, 0) is 13.0 Å². The first kappa shape index (κ1) is 23.1. The topological polar surface area (TPSA) is 73.3 Å². The number of benzene rings is 2. The number of methoxy groups -OCH3 is 3. The summed E-state index contributed by atoms with van der Waals surface area (Å²) >= 11 is 0. The summed E-state index contributed by atoms with van der Waals surface area (Å²) in [6, 6.07) is 10.3. The second-order valence-corrected chi connectivity index (χ2v) is 6.13. The van der Waals surface area contributed by atoms with Crippen LogP contribution in [0, 0.1) is 0 Å². The Morgan fingerprint density at radius 2 is 1.53 bits per heavy atom. The van der Waals surface area contributed by atoms with Crippen molar-refractivity contribution in [1.82, 2.24) is 10.6 Å². The Morgan fingerprint density at radius 3 is 2.10 bits per heavy atom. The molecule has 2 aromatic rings. The number of halogens is 2. The van der Waals surface area contributed by atoms with Crippen molar-refractivity contribution in [3.05, 3.63) is 47.5 Å². The Bertz CT molecular complexity index is 847. The molecule has 0 atom stereocenters. The average Bonchev–Trinajstić information content (AvgIpc) is 2.76. The molecule has 9 heteroatoms. The SMILES string of the molecule is CN=C(NCCc1cc(OC)ccc1OC)NCc1cc(OC)ccc1OC(F)F. The van der Waals surface area contributed by atoms with Crippen LogP contribution in [0.2, 0.25) is 0 Å².